The lowest BCUT2D eigenvalue weighted by Crippen LogP contribution is -2.52. The highest BCUT2D eigenvalue weighted by Crippen LogP contribution is 2.62. The summed E-state index contributed by atoms with van der Waals surface area (Å²) in [6, 6.07) is 16.0. The molecule has 10 bridgehead atoms. The Bertz CT molecular complexity index is 2590. The molecule has 3 aromatic heterocycles. The molecule has 54 heavy (non-hydrogen) atoms. The molecule has 4 aliphatic heterocycles. The number of aliphatic hydroxyl groups excluding tert-OH is 1. The number of hydrogen-bond donors (Lipinski definition) is 5. The first-order valence-electron chi connectivity index (χ1n) is 17.9. The molecule has 0 aliphatic carbocycles. The van der Waals surface area contributed by atoms with Crippen LogP contribution in [0, 0.1) is 11.8 Å². The molecule has 6 aromatic rings. The number of para-hydroxylation sites is 1. The van der Waals surface area contributed by atoms with Gasteiger partial charge in [0.15, 0.2) is 28.6 Å². The van der Waals surface area contributed by atoms with Crippen LogP contribution in [0.3, 0.4) is 0 Å². The quantitative estimate of drug-likeness (QED) is 0.126. The third-order valence-corrected chi connectivity index (χ3v) is 11.7. The zero-order chi connectivity index (χ0) is 37.4. The summed E-state index contributed by atoms with van der Waals surface area (Å²) in [5.41, 5.74) is 5.49. The fourth-order valence-corrected chi connectivity index (χ4v) is 9.01. The normalized spacial score (nSPS) is 22.2. The number of aliphatic hydroxyl groups is 1. The van der Waals surface area contributed by atoms with Crippen molar-refractivity contribution in [1.29, 1.82) is 0 Å². The number of aromatic nitrogens is 3. The topological polar surface area (TPSA) is 168 Å². The second-order valence-corrected chi connectivity index (χ2v) is 15.8. The number of ether oxygens (including phenoxy) is 1. The largest absolute Gasteiger partial charge is 0.469 e. The molecule has 0 fully saturated rings. The maximum atomic E-state index is 14.2. The van der Waals surface area contributed by atoms with Crippen LogP contribution in [-0.4, -0.2) is 50.2 Å². The summed E-state index contributed by atoms with van der Waals surface area (Å²) < 4.78 is 20.4. The van der Waals surface area contributed by atoms with Gasteiger partial charge in [0, 0.05) is 39.7 Å². The molecular weight excluding hydrogens is 731 g/mol. The highest BCUT2D eigenvalue weighted by molar-refractivity contribution is 6.37. The van der Waals surface area contributed by atoms with Crippen LogP contribution in [0.1, 0.15) is 62.1 Å². The van der Waals surface area contributed by atoms with Crippen LogP contribution >= 0.6 is 23.2 Å². The number of nitrogens with one attached hydrogen (secondary N) is 4. The van der Waals surface area contributed by atoms with E-state index in [1.807, 2.05) is 62.4 Å². The molecule has 3 aromatic carbocycles. The Morgan fingerprint density at radius 3 is 2.59 bits per heavy atom. The maximum Gasteiger partial charge on any atom is 0.250 e. The number of hydrogen-bond acceptors (Lipinski definition) is 9. The van der Waals surface area contributed by atoms with E-state index >= 15 is 0 Å². The van der Waals surface area contributed by atoms with Gasteiger partial charge in [0.2, 0.25) is 17.7 Å². The SMILES string of the molecule is CC(C)[C@@H]1NC(=O)[C@H](NC(=O)[C@H](O)C(C)C)Cc2ccc3c(c2)C24c5cccc(c5N[C@@H]2O3)-c2cccc3[nH]c(Cl)c(c23)-c2oc(nc2Cl)-c2nc1oc24. The monoisotopic (exact) mass is 764 g/mol. The van der Waals surface area contributed by atoms with Crippen molar-refractivity contribution in [2.45, 2.75) is 63.9 Å². The third-order valence-electron chi connectivity index (χ3n) is 11.2. The van der Waals surface area contributed by atoms with Crippen LogP contribution in [0.2, 0.25) is 10.3 Å². The molecule has 14 heteroatoms. The van der Waals surface area contributed by atoms with Crippen LogP contribution in [0.15, 0.2) is 63.4 Å². The number of aromatic amines is 1. The van der Waals surface area contributed by atoms with E-state index in [9.17, 15) is 14.7 Å². The molecule has 0 saturated heterocycles. The van der Waals surface area contributed by atoms with E-state index in [1.165, 1.54) is 0 Å². The average molecular weight is 766 g/mol. The zero-order valence-electron chi connectivity index (χ0n) is 29.5. The van der Waals surface area contributed by atoms with Crippen molar-refractivity contribution >= 4 is 51.6 Å². The van der Waals surface area contributed by atoms with Crippen LogP contribution in [0.4, 0.5) is 5.69 Å². The molecule has 5 atom stereocenters. The Hall–Kier alpha value is -5.30. The standard InChI is InChI=1S/C40H34Cl2N6O6/c1-15(2)27-37-46-29-32(54-37)40-20-9-5-8-19(18-7-6-10-22-25(18)26(33(41)43-22)31-34(42)48-38(29)53-31)28(20)47-39(40)52-24-12-11-17(13-21(24)40)14-23(35(50)45-27)44-36(51)30(49)16(3)4/h5-13,15-16,23,27,30,39,43,47,49H,14H2,1-4H3,(H,44,51)(H,45,50)/t23-,27+,30-,39-,40?/m1/s1. The molecule has 4 aliphatic rings. The van der Waals surface area contributed by atoms with E-state index < -0.39 is 41.6 Å². The summed E-state index contributed by atoms with van der Waals surface area (Å²) >= 11 is 13.9. The highest BCUT2D eigenvalue weighted by atomic mass is 35.5. The summed E-state index contributed by atoms with van der Waals surface area (Å²) in [5.74, 6) is -0.0970. The zero-order valence-corrected chi connectivity index (χ0v) is 31.0. The number of nitrogens with zero attached hydrogens (tertiary/aromatic N) is 2. The van der Waals surface area contributed by atoms with Crippen molar-refractivity contribution < 1.29 is 28.3 Å². The van der Waals surface area contributed by atoms with Crippen LogP contribution in [-0.2, 0) is 21.4 Å². The second-order valence-electron chi connectivity index (χ2n) is 15.1. The minimum Gasteiger partial charge on any atom is -0.469 e. The number of halogens is 2. The number of amides is 2. The molecule has 12 nitrogen and oxygen atoms in total. The third kappa shape index (κ3) is 4.47. The van der Waals surface area contributed by atoms with Gasteiger partial charge in [-0.3, -0.25) is 9.59 Å². The minimum absolute atomic E-state index is 0.0872. The van der Waals surface area contributed by atoms with E-state index in [4.69, 9.17) is 46.7 Å². The van der Waals surface area contributed by atoms with E-state index in [0.29, 0.717) is 22.2 Å². The highest BCUT2D eigenvalue weighted by Gasteiger charge is 2.61. The van der Waals surface area contributed by atoms with Crippen LogP contribution in [0.25, 0.3) is 44.9 Å². The van der Waals surface area contributed by atoms with E-state index in [1.54, 1.807) is 13.8 Å². The number of fused-ring (bicyclic) bond motifs is 7. The van der Waals surface area contributed by atoms with E-state index in [2.05, 4.69) is 27.0 Å². The molecular formula is C40H34Cl2N6O6. The fraction of sp³-hybridized carbons (Fsp3) is 0.300. The first-order chi connectivity index (χ1) is 25.9. The number of carbonyl (C=O) groups excluding carboxylic acids is 2. The van der Waals surface area contributed by atoms with Gasteiger partial charge < -0.3 is 39.6 Å². The van der Waals surface area contributed by atoms with Crippen molar-refractivity contribution in [2.24, 2.45) is 11.8 Å². The van der Waals surface area contributed by atoms with Crippen molar-refractivity contribution in [1.82, 2.24) is 25.6 Å². The Morgan fingerprint density at radius 1 is 1.00 bits per heavy atom. The van der Waals surface area contributed by atoms with Crippen molar-refractivity contribution in [3.8, 4) is 39.8 Å². The molecule has 5 N–H and O–H groups in total. The van der Waals surface area contributed by atoms with Crippen LogP contribution in [0.5, 0.6) is 5.75 Å². The van der Waals surface area contributed by atoms with Gasteiger partial charge >= 0.3 is 0 Å². The number of benzene rings is 3. The van der Waals surface area contributed by atoms with Gasteiger partial charge in [-0.05, 0) is 35.1 Å². The lowest BCUT2D eigenvalue weighted by Gasteiger charge is -2.29. The molecule has 2 amide bonds. The molecule has 0 radical (unpaired) electrons. The molecule has 0 saturated carbocycles. The number of H-pyrrole nitrogens is 1. The summed E-state index contributed by atoms with van der Waals surface area (Å²) in [4.78, 5) is 40.5. The Balaban J connectivity index is 1.30. The molecule has 1 unspecified atom stereocenters. The van der Waals surface area contributed by atoms with Gasteiger partial charge in [-0.25, -0.2) is 4.98 Å². The van der Waals surface area contributed by atoms with Crippen molar-refractivity contribution in [2.75, 3.05) is 5.32 Å². The number of oxazole rings is 2. The fourth-order valence-electron chi connectivity index (χ4n) is 8.52. The smallest absolute Gasteiger partial charge is 0.250 e. The summed E-state index contributed by atoms with van der Waals surface area (Å²) in [6.07, 6.45) is -1.87. The maximum absolute atomic E-state index is 14.2. The van der Waals surface area contributed by atoms with Gasteiger partial charge in [-0.2, -0.15) is 4.98 Å². The number of rotatable bonds is 4. The van der Waals surface area contributed by atoms with E-state index in [0.717, 1.165) is 44.4 Å². The number of carbonyl (C=O) groups is 2. The second kappa shape index (κ2) is 11.6. The summed E-state index contributed by atoms with van der Waals surface area (Å²) in [5, 5.41) is 21.5. The van der Waals surface area contributed by atoms with Gasteiger partial charge in [0.1, 0.15) is 34.5 Å². The van der Waals surface area contributed by atoms with Crippen LogP contribution < -0.4 is 20.7 Å². The Labute approximate surface area is 318 Å². The summed E-state index contributed by atoms with van der Waals surface area (Å²) in [7, 11) is 0. The lowest BCUT2D eigenvalue weighted by atomic mass is 9.72. The average Bonchev–Trinajstić information content (AvgIpc) is 3.94. The first-order valence-corrected chi connectivity index (χ1v) is 18.7. The molecule has 274 valence electrons. The van der Waals surface area contributed by atoms with E-state index in [-0.39, 0.29) is 46.6 Å². The molecule has 10 rings (SSSR count). The molecule has 1 spiro atoms. The van der Waals surface area contributed by atoms with Gasteiger partial charge in [-0.15, -0.1) is 0 Å². The number of anilines is 1. The van der Waals surface area contributed by atoms with Crippen molar-refractivity contribution in [3.05, 3.63) is 93.2 Å². The summed E-state index contributed by atoms with van der Waals surface area (Å²) in [6.45, 7) is 7.36. The predicted molar refractivity (Wildman–Crippen MR) is 201 cm³/mol. The minimum atomic E-state index is -1.30. The van der Waals surface area contributed by atoms with Gasteiger partial charge in [-0.1, -0.05) is 93.4 Å². The lowest BCUT2D eigenvalue weighted by molar-refractivity contribution is -0.135. The Kier molecular flexibility index (Phi) is 7.15. The molecule has 7 heterocycles. The first kappa shape index (κ1) is 33.3. The predicted octanol–water partition coefficient (Wildman–Crippen LogP) is 7.11. The Morgan fingerprint density at radius 2 is 1.80 bits per heavy atom. The van der Waals surface area contributed by atoms with Crippen molar-refractivity contribution in [3.63, 3.8) is 0 Å². The van der Waals surface area contributed by atoms with Gasteiger partial charge in [0.25, 0.3) is 5.89 Å². The van der Waals surface area contributed by atoms with Gasteiger partial charge in [0.05, 0.1) is 5.56 Å².